The molecule has 90 valence electrons. The number of aryl methyl sites for hydroxylation is 2. The molecule has 0 aliphatic heterocycles. The number of carbonyl (C=O) groups excluding carboxylic acids is 1. The van der Waals surface area contributed by atoms with Crippen LogP contribution >= 0.6 is 0 Å². The molecule has 0 fully saturated rings. The summed E-state index contributed by atoms with van der Waals surface area (Å²) < 4.78 is 0. The molecule has 5 nitrogen and oxygen atoms in total. The summed E-state index contributed by atoms with van der Waals surface area (Å²) in [6.45, 7) is 4.40. The second-order valence-electron chi connectivity index (χ2n) is 4.20. The Hall–Kier alpha value is -2.04. The Morgan fingerprint density at radius 1 is 1.41 bits per heavy atom. The van der Waals surface area contributed by atoms with Gasteiger partial charge >= 0.3 is 0 Å². The predicted molar refractivity (Wildman–Crippen MR) is 64.7 cm³/mol. The summed E-state index contributed by atoms with van der Waals surface area (Å²) in [6, 6.07) is 1.80. The first-order valence-electron chi connectivity index (χ1n) is 5.48. The van der Waals surface area contributed by atoms with Crippen molar-refractivity contribution in [1.29, 1.82) is 0 Å². The number of carbonyl (C=O) groups is 1. The number of aromatic nitrogens is 3. The van der Waals surface area contributed by atoms with Gasteiger partial charge in [0.05, 0.1) is 11.8 Å². The van der Waals surface area contributed by atoms with E-state index in [0.29, 0.717) is 12.1 Å². The van der Waals surface area contributed by atoms with Gasteiger partial charge in [-0.2, -0.15) is 5.10 Å². The van der Waals surface area contributed by atoms with Gasteiger partial charge in [0, 0.05) is 36.7 Å². The van der Waals surface area contributed by atoms with Crippen LogP contribution in [0.15, 0.2) is 18.5 Å². The van der Waals surface area contributed by atoms with Crippen molar-refractivity contribution in [2.24, 2.45) is 0 Å². The van der Waals surface area contributed by atoms with E-state index in [1.807, 2.05) is 13.8 Å². The second kappa shape index (κ2) is 4.45. The first-order chi connectivity index (χ1) is 8.09. The van der Waals surface area contributed by atoms with Crippen LogP contribution in [0.5, 0.6) is 0 Å². The lowest BCUT2D eigenvalue weighted by atomic mass is 10.2. The van der Waals surface area contributed by atoms with Crippen molar-refractivity contribution >= 4 is 5.91 Å². The maximum absolute atomic E-state index is 12.1. The number of hydrogen-bond acceptors (Lipinski definition) is 2. The van der Waals surface area contributed by atoms with Crippen LogP contribution in [0, 0.1) is 13.8 Å². The number of H-pyrrole nitrogens is 2. The lowest BCUT2D eigenvalue weighted by Crippen LogP contribution is -2.26. The SMILES string of the molecule is Cc1[nH]ncc1CN(C)C(=O)c1cc[nH]c1C. The molecule has 0 aromatic carbocycles. The normalized spacial score (nSPS) is 10.5. The molecular weight excluding hydrogens is 216 g/mol. The number of hydrogen-bond donors (Lipinski definition) is 2. The molecule has 0 spiro atoms. The van der Waals surface area contributed by atoms with Crippen LogP contribution in [0.3, 0.4) is 0 Å². The zero-order chi connectivity index (χ0) is 12.4. The van der Waals surface area contributed by atoms with E-state index >= 15 is 0 Å². The third-order valence-corrected chi connectivity index (χ3v) is 2.87. The zero-order valence-electron chi connectivity index (χ0n) is 10.2. The predicted octanol–water partition coefficient (Wildman–Crippen LogP) is 1.63. The van der Waals surface area contributed by atoms with Crippen molar-refractivity contribution in [3.05, 3.63) is 41.0 Å². The van der Waals surface area contributed by atoms with Crippen LogP contribution in [0.1, 0.15) is 27.3 Å². The van der Waals surface area contributed by atoms with E-state index < -0.39 is 0 Å². The molecule has 2 aromatic heterocycles. The van der Waals surface area contributed by atoms with Crippen molar-refractivity contribution in [1.82, 2.24) is 20.1 Å². The molecule has 2 rings (SSSR count). The van der Waals surface area contributed by atoms with Crippen molar-refractivity contribution < 1.29 is 4.79 Å². The lowest BCUT2D eigenvalue weighted by molar-refractivity contribution is 0.0784. The number of amides is 1. The molecule has 0 aliphatic rings. The van der Waals surface area contributed by atoms with Gasteiger partial charge < -0.3 is 9.88 Å². The summed E-state index contributed by atoms with van der Waals surface area (Å²) >= 11 is 0. The molecule has 5 heteroatoms. The minimum atomic E-state index is 0.0179. The standard InChI is InChI=1S/C12H16N4O/c1-8-10(6-14-15-8)7-16(3)12(17)11-4-5-13-9(11)2/h4-6,13H,7H2,1-3H3,(H,14,15). The summed E-state index contributed by atoms with van der Waals surface area (Å²) in [5.74, 6) is 0.0179. The van der Waals surface area contributed by atoms with Gasteiger partial charge in [-0.25, -0.2) is 0 Å². The fourth-order valence-corrected chi connectivity index (χ4v) is 1.75. The molecule has 0 saturated heterocycles. The van der Waals surface area contributed by atoms with Crippen LogP contribution < -0.4 is 0 Å². The number of nitrogens with one attached hydrogen (secondary N) is 2. The monoisotopic (exact) mass is 232 g/mol. The molecule has 0 radical (unpaired) electrons. The van der Waals surface area contributed by atoms with E-state index in [9.17, 15) is 4.79 Å². The average molecular weight is 232 g/mol. The Morgan fingerprint density at radius 2 is 2.18 bits per heavy atom. The highest BCUT2D eigenvalue weighted by Crippen LogP contribution is 2.12. The van der Waals surface area contributed by atoms with Gasteiger partial charge in [-0.3, -0.25) is 9.89 Å². The van der Waals surface area contributed by atoms with E-state index in [1.165, 1.54) is 0 Å². The van der Waals surface area contributed by atoms with Gasteiger partial charge in [0.25, 0.3) is 5.91 Å². The van der Waals surface area contributed by atoms with Crippen LogP contribution in [-0.4, -0.2) is 33.0 Å². The zero-order valence-corrected chi connectivity index (χ0v) is 10.2. The van der Waals surface area contributed by atoms with Crippen LogP contribution in [-0.2, 0) is 6.54 Å². The lowest BCUT2D eigenvalue weighted by Gasteiger charge is -2.16. The Morgan fingerprint density at radius 3 is 2.71 bits per heavy atom. The quantitative estimate of drug-likeness (QED) is 0.844. The van der Waals surface area contributed by atoms with E-state index in [4.69, 9.17) is 0 Å². The first-order valence-corrected chi connectivity index (χ1v) is 5.48. The molecule has 0 aliphatic carbocycles. The van der Waals surface area contributed by atoms with Crippen molar-refractivity contribution in [3.8, 4) is 0 Å². The summed E-state index contributed by atoms with van der Waals surface area (Å²) in [7, 11) is 1.79. The maximum Gasteiger partial charge on any atom is 0.255 e. The fraction of sp³-hybridized carbons (Fsp3) is 0.333. The van der Waals surface area contributed by atoms with Gasteiger partial charge in [0.2, 0.25) is 0 Å². The average Bonchev–Trinajstić information content (AvgIpc) is 2.88. The largest absolute Gasteiger partial charge is 0.365 e. The Labute approximate surface area is 99.8 Å². The molecule has 0 atom stereocenters. The molecule has 1 amide bonds. The first kappa shape index (κ1) is 11.4. The summed E-state index contributed by atoms with van der Waals surface area (Å²) in [4.78, 5) is 16.8. The molecule has 17 heavy (non-hydrogen) atoms. The minimum Gasteiger partial charge on any atom is -0.365 e. The highest BCUT2D eigenvalue weighted by atomic mass is 16.2. The third kappa shape index (κ3) is 2.22. The summed E-state index contributed by atoms with van der Waals surface area (Å²) in [5, 5.41) is 6.81. The van der Waals surface area contributed by atoms with Crippen LogP contribution in [0.4, 0.5) is 0 Å². The van der Waals surface area contributed by atoms with Crippen molar-refractivity contribution in [2.75, 3.05) is 7.05 Å². The van der Waals surface area contributed by atoms with Crippen LogP contribution in [0.25, 0.3) is 0 Å². The Balaban J connectivity index is 2.11. The highest BCUT2D eigenvalue weighted by molar-refractivity contribution is 5.95. The molecule has 0 bridgehead atoms. The fourth-order valence-electron chi connectivity index (χ4n) is 1.75. The molecule has 0 unspecified atom stereocenters. The minimum absolute atomic E-state index is 0.0179. The van der Waals surface area contributed by atoms with Gasteiger partial charge in [0.1, 0.15) is 0 Å². The molecule has 2 N–H and O–H groups in total. The van der Waals surface area contributed by atoms with E-state index in [2.05, 4.69) is 15.2 Å². The third-order valence-electron chi connectivity index (χ3n) is 2.87. The van der Waals surface area contributed by atoms with Gasteiger partial charge in [-0.1, -0.05) is 0 Å². The van der Waals surface area contributed by atoms with E-state index in [1.54, 1.807) is 30.4 Å². The smallest absolute Gasteiger partial charge is 0.255 e. The Kier molecular flexibility index (Phi) is 2.99. The van der Waals surface area contributed by atoms with Crippen molar-refractivity contribution in [2.45, 2.75) is 20.4 Å². The Bertz CT molecular complexity index is 526. The molecule has 2 heterocycles. The van der Waals surface area contributed by atoms with E-state index in [0.717, 1.165) is 17.0 Å². The van der Waals surface area contributed by atoms with Crippen LogP contribution in [0.2, 0.25) is 0 Å². The van der Waals surface area contributed by atoms with Crippen molar-refractivity contribution in [3.63, 3.8) is 0 Å². The number of nitrogens with zero attached hydrogens (tertiary/aromatic N) is 2. The van der Waals surface area contributed by atoms with Gasteiger partial charge in [-0.05, 0) is 19.9 Å². The molecule has 2 aromatic rings. The molecular formula is C12H16N4O. The molecule has 0 saturated carbocycles. The summed E-state index contributed by atoms with van der Waals surface area (Å²) in [5.41, 5.74) is 3.64. The van der Waals surface area contributed by atoms with E-state index in [-0.39, 0.29) is 5.91 Å². The highest BCUT2D eigenvalue weighted by Gasteiger charge is 2.15. The topological polar surface area (TPSA) is 64.8 Å². The number of rotatable bonds is 3. The summed E-state index contributed by atoms with van der Waals surface area (Å²) in [6.07, 6.45) is 3.53. The second-order valence-corrected chi connectivity index (χ2v) is 4.20. The van der Waals surface area contributed by atoms with Gasteiger partial charge in [-0.15, -0.1) is 0 Å². The number of aromatic amines is 2. The van der Waals surface area contributed by atoms with Gasteiger partial charge in [0.15, 0.2) is 0 Å². The maximum atomic E-state index is 12.1.